The van der Waals surface area contributed by atoms with Crippen molar-refractivity contribution in [3.8, 4) is 11.5 Å². The normalized spacial score (nSPS) is 23.3. The molecule has 8 nitrogen and oxygen atoms in total. The van der Waals surface area contributed by atoms with Crippen LogP contribution in [0.1, 0.15) is 24.8 Å². The maximum Gasteiger partial charge on any atom is 0.324 e. The molecule has 0 aromatic heterocycles. The summed E-state index contributed by atoms with van der Waals surface area (Å²) in [6.45, 7) is 4.29. The van der Waals surface area contributed by atoms with Gasteiger partial charge in [0.15, 0.2) is 11.5 Å². The summed E-state index contributed by atoms with van der Waals surface area (Å²) in [6, 6.07) is 4.98. The predicted molar refractivity (Wildman–Crippen MR) is 111 cm³/mol. The quantitative estimate of drug-likeness (QED) is 0.632. The van der Waals surface area contributed by atoms with Crippen LogP contribution < -0.4 is 20.1 Å². The van der Waals surface area contributed by atoms with E-state index in [-0.39, 0.29) is 36.2 Å². The van der Waals surface area contributed by atoms with Gasteiger partial charge in [0.05, 0.1) is 20.1 Å². The second-order valence-corrected chi connectivity index (χ2v) is 7.64. The molecule has 1 aliphatic carbocycles. The standard InChI is InChI=1S/C22H29N3O5/c1-4-11-25-21(27)16-7-6-15(13-17(16)24-22(25)28)20(26)23-10-9-14-5-8-18(29-2)19(12-14)30-3/h4-5,8,12,15-17H,1,6-7,9-11,13H2,2-3H3,(H,23,26)(H,24,28). The molecule has 0 radical (unpaired) electrons. The smallest absolute Gasteiger partial charge is 0.324 e. The maximum absolute atomic E-state index is 12.6. The molecule has 8 heteroatoms. The Morgan fingerprint density at radius 2 is 2.03 bits per heavy atom. The highest BCUT2D eigenvalue weighted by Gasteiger charge is 2.44. The Hall–Kier alpha value is -3.03. The largest absolute Gasteiger partial charge is 0.493 e. The summed E-state index contributed by atoms with van der Waals surface area (Å²) < 4.78 is 10.5. The first-order valence-corrected chi connectivity index (χ1v) is 10.2. The molecule has 1 saturated carbocycles. The number of carbonyl (C=O) groups is 3. The van der Waals surface area contributed by atoms with Crippen molar-refractivity contribution >= 4 is 17.8 Å². The Bertz CT molecular complexity index is 825. The molecule has 162 valence electrons. The average Bonchev–Trinajstić information content (AvgIpc) is 2.76. The molecule has 0 bridgehead atoms. The van der Waals surface area contributed by atoms with Gasteiger partial charge in [-0.3, -0.25) is 14.5 Å². The summed E-state index contributed by atoms with van der Waals surface area (Å²) in [4.78, 5) is 38.6. The number of urea groups is 1. The number of nitrogens with zero attached hydrogens (tertiary/aromatic N) is 1. The van der Waals surface area contributed by atoms with E-state index in [2.05, 4.69) is 17.2 Å². The van der Waals surface area contributed by atoms with Gasteiger partial charge in [0.1, 0.15) is 0 Å². The number of methoxy groups -OCH3 is 2. The molecule has 1 heterocycles. The number of hydrogen-bond acceptors (Lipinski definition) is 5. The van der Waals surface area contributed by atoms with Crippen LogP contribution in [0.15, 0.2) is 30.9 Å². The summed E-state index contributed by atoms with van der Waals surface area (Å²) in [7, 11) is 3.18. The van der Waals surface area contributed by atoms with E-state index in [1.807, 2.05) is 18.2 Å². The molecule has 1 aliphatic heterocycles. The molecular formula is C22H29N3O5. The van der Waals surface area contributed by atoms with Crippen molar-refractivity contribution < 1.29 is 23.9 Å². The first-order chi connectivity index (χ1) is 14.5. The van der Waals surface area contributed by atoms with Gasteiger partial charge in [0.2, 0.25) is 11.8 Å². The molecule has 3 rings (SSSR count). The Morgan fingerprint density at radius 3 is 2.73 bits per heavy atom. The number of amides is 4. The molecule has 3 atom stereocenters. The van der Waals surface area contributed by atoms with Crippen LogP contribution in [0.25, 0.3) is 0 Å². The van der Waals surface area contributed by atoms with Crippen molar-refractivity contribution in [2.45, 2.75) is 31.7 Å². The van der Waals surface area contributed by atoms with Gasteiger partial charge in [-0.2, -0.15) is 0 Å². The van der Waals surface area contributed by atoms with E-state index in [4.69, 9.17) is 9.47 Å². The van der Waals surface area contributed by atoms with Crippen molar-refractivity contribution in [1.29, 1.82) is 0 Å². The van der Waals surface area contributed by atoms with Crippen molar-refractivity contribution in [1.82, 2.24) is 15.5 Å². The Kier molecular flexibility index (Phi) is 6.97. The second kappa shape index (κ2) is 9.65. The molecule has 2 fully saturated rings. The lowest BCUT2D eigenvalue weighted by atomic mass is 9.76. The first kappa shape index (κ1) is 21.7. The van der Waals surface area contributed by atoms with Crippen LogP contribution in [0.4, 0.5) is 4.79 Å². The van der Waals surface area contributed by atoms with Crippen LogP contribution in [0.2, 0.25) is 0 Å². The summed E-state index contributed by atoms with van der Waals surface area (Å²) >= 11 is 0. The SMILES string of the molecule is C=CCN1C(=O)NC2CC(C(=O)NCCc3ccc(OC)c(OC)c3)CCC2C1=O. The predicted octanol–water partition coefficient (Wildman–Crippen LogP) is 1.89. The van der Waals surface area contributed by atoms with Crippen LogP contribution in [0.3, 0.4) is 0 Å². The van der Waals surface area contributed by atoms with Gasteiger partial charge in [-0.15, -0.1) is 6.58 Å². The summed E-state index contributed by atoms with van der Waals surface area (Å²) in [6.07, 6.45) is 3.90. The molecule has 3 unspecified atom stereocenters. The third kappa shape index (κ3) is 4.58. The minimum absolute atomic E-state index is 0.0378. The van der Waals surface area contributed by atoms with Crippen molar-refractivity contribution in [3.05, 3.63) is 36.4 Å². The van der Waals surface area contributed by atoms with Gasteiger partial charge in [-0.1, -0.05) is 12.1 Å². The van der Waals surface area contributed by atoms with Crippen LogP contribution in [-0.2, 0) is 16.0 Å². The molecule has 2 aliphatic rings. The number of carbonyl (C=O) groups excluding carboxylic acids is 3. The average molecular weight is 415 g/mol. The first-order valence-electron chi connectivity index (χ1n) is 10.2. The topological polar surface area (TPSA) is 97.0 Å². The van der Waals surface area contributed by atoms with Gasteiger partial charge >= 0.3 is 6.03 Å². The zero-order valence-electron chi connectivity index (χ0n) is 17.5. The van der Waals surface area contributed by atoms with Crippen LogP contribution in [0, 0.1) is 11.8 Å². The lowest BCUT2D eigenvalue weighted by molar-refractivity contribution is -0.138. The summed E-state index contributed by atoms with van der Waals surface area (Å²) in [5.41, 5.74) is 1.03. The highest BCUT2D eigenvalue weighted by molar-refractivity contribution is 5.99. The highest BCUT2D eigenvalue weighted by atomic mass is 16.5. The minimum atomic E-state index is -0.407. The fourth-order valence-electron chi connectivity index (χ4n) is 4.21. The molecule has 4 amide bonds. The molecule has 1 saturated heterocycles. The lowest BCUT2D eigenvalue weighted by Crippen LogP contribution is -2.62. The number of imide groups is 1. The highest BCUT2D eigenvalue weighted by Crippen LogP contribution is 2.33. The van der Waals surface area contributed by atoms with E-state index in [9.17, 15) is 14.4 Å². The van der Waals surface area contributed by atoms with E-state index in [1.165, 1.54) is 11.0 Å². The molecule has 1 aromatic carbocycles. The Labute approximate surface area is 176 Å². The van der Waals surface area contributed by atoms with E-state index in [1.54, 1.807) is 14.2 Å². The summed E-state index contributed by atoms with van der Waals surface area (Å²) in [5, 5.41) is 5.87. The van der Waals surface area contributed by atoms with E-state index < -0.39 is 6.03 Å². The number of fused-ring (bicyclic) bond motifs is 1. The second-order valence-electron chi connectivity index (χ2n) is 7.64. The van der Waals surface area contributed by atoms with Crippen LogP contribution in [0.5, 0.6) is 11.5 Å². The van der Waals surface area contributed by atoms with Crippen LogP contribution >= 0.6 is 0 Å². The Morgan fingerprint density at radius 1 is 1.27 bits per heavy atom. The van der Waals surface area contributed by atoms with Gasteiger partial charge in [0.25, 0.3) is 0 Å². The fraction of sp³-hybridized carbons (Fsp3) is 0.500. The minimum Gasteiger partial charge on any atom is -0.493 e. The Balaban J connectivity index is 1.51. The monoisotopic (exact) mass is 415 g/mol. The third-order valence-corrected chi connectivity index (χ3v) is 5.83. The molecule has 2 N–H and O–H groups in total. The fourth-order valence-corrected chi connectivity index (χ4v) is 4.21. The number of rotatable bonds is 8. The third-order valence-electron chi connectivity index (χ3n) is 5.83. The van der Waals surface area contributed by atoms with Gasteiger partial charge < -0.3 is 20.1 Å². The van der Waals surface area contributed by atoms with E-state index in [0.29, 0.717) is 43.7 Å². The summed E-state index contributed by atoms with van der Waals surface area (Å²) in [5.74, 6) is 0.634. The number of benzene rings is 1. The van der Waals surface area contributed by atoms with Crippen molar-refractivity contribution in [3.63, 3.8) is 0 Å². The lowest BCUT2D eigenvalue weighted by Gasteiger charge is -2.41. The molecule has 0 spiro atoms. The van der Waals surface area contributed by atoms with Crippen molar-refractivity contribution in [2.75, 3.05) is 27.3 Å². The molecular weight excluding hydrogens is 386 g/mol. The number of hydrogen-bond donors (Lipinski definition) is 2. The number of ether oxygens (including phenoxy) is 2. The maximum atomic E-state index is 12.6. The van der Waals surface area contributed by atoms with Gasteiger partial charge in [0, 0.05) is 25.0 Å². The molecule has 1 aromatic rings. The molecule has 30 heavy (non-hydrogen) atoms. The van der Waals surface area contributed by atoms with E-state index in [0.717, 1.165) is 5.56 Å². The van der Waals surface area contributed by atoms with Crippen LogP contribution in [-0.4, -0.2) is 56.1 Å². The van der Waals surface area contributed by atoms with Gasteiger partial charge in [-0.05, 0) is 43.4 Å². The van der Waals surface area contributed by atoms with E-state index >= 15 is 0 Å². The van der Waals surface area contributed by atoms with Gasteiger partial charge in [-0.25, -0.2) is 4.79 Å². The number of nitrogens with one attached hydrogen (secondary N) is 2. The zero-order chi connectivity index (χ0) is 21.7. The van der Waals surface area contributed by atoms with Crippen molar-refractivity contribution in [2.24, 2.45) is 11.8 Å². The zero-order valence-corrected chi connectivity index (χ0v) is 17.5.